The van der Waals surface area contributed by atoms with E-state index in [0.717, 1.165) is 31.5 Å². The SMILES string of the molecule is O=C(c1ccc(Cn2ccnc2)cc1)N1CCCC(Oc2ncccn2)C1. The van der Waals surface area contributed by atoms with Gasteiger partial charge in [-0.15, -0.1) is 0 Å². The molecule has 2 aromatic heterocycles. The Kier molecular flexibility index (Phi) is 5.09. The molecule has 1 aromatic carbocycles. The lowest BCUT2D eigenvalue weighted by Gasteiger charge is -2.32. The maximum atomic E-state index is 12.8. The van der Waals surface area contributed by atoms with Crippen LogP contribution in [-0.2, 0) is 6.54 Å². The van der Waals surface area contributed by atoms with Crippen LogP contribution in [0.1, 0.15) is 28.8 Å². The monoisotopic (exact) mass is 363 g/mol. The molecule has 27 heavy (non-hydrogen) atoms. The minimum Gasteiger partial charge on any atom is -0.458 e. The molecule has 0 saturated carbocycles. The lowest BCUT2D eigenvalue weighted by atomic mass is 10.1. The van der Waals surface area contributed by atoms with E-state index in [-0.39, 0.29) is 12.0 Å². The predicted molar refractivity (Wildman–Crippen MR) is 99.4 cm³/mol. The number of aromatic nitrogens is 4. The summed E-state index contributed by atoms with van der Waals surface area (Å²) in [5.41, 5.74) is 1.83. The van der Waals surface area contributed by atoms with Crippen molar-refractivity contribution in [1.82, 2.24) is 24.4 Å². The predicted octanol–water partition coefficient (Wildman–Crippen LogP) is 2.41. The smallest absolute Gasteiger partial charge is 0.316 e. The minimum atomic E-state index is -0.0781. The van der Waals surface area contributed by atoms with Crippen LogP contribution in [-0.4, -0.2) is 49.5 Å². The van der Waals surface area contributed by atoms with Crippen LogP contribution >= 0.6 is 0 Å². The largest absolute Gasteiger partial charge is 0.458 e. The molecule has 1 amide bonds. The van der Waals surface area contributed by atoms with Crippen molar-refractivity contribution in [3.05, 3.63) is 72.6 Å². The summed E-state index contributed by atoms with van der Waals surface area (Å²) in [6.07, 6.45) is 10.5. The van der Waals surface area contributed by atoms with Gasteiger partial charge >= 0.3 is 6.01 Å². The number of hydrogen-bond acceptors (Lipinski definition) is 5. The second kappa shape index (κ2) is 7.99. The molecule has 1 aliphatic heterocycles. The maximum Gasteiger partial charge on any atom is 0.316 e. The summed E-state index contributed by atoms with van der Waals surface area (Å²) in [5, 5.41) is 0. The highest BCUT2D eigenvalue weighted by atomic mass is 16.5. The molecule has 0 bridgehead atoms. The molecular formula is C20H21N5O2. The van der Waals surface area contributed by atoms with E-state index in [1.54, 1.807) is 31.0 Å². The Hall–Kier alpha value is -3.22. The molecule has 0 N–H and O–H groups in total. The molecular weight excluding hydrogens is 342 g/mol. The van der Waals surface area contributed by atoms with Crippen molar-refractivity contribution in [1.29, 1.82) is 0 Å². The molecule has 7 nitrogen and oxygen atoms in total. The first-order valence-electron chi connectivity index (χ1n) is 9.05. The van der Waals surface area contributed by atoms with E-state index in [0.29, 0.717) is 18.1 Å². The zero-order chi connectivity index (χ0) is 18.5. The summed E-state index contributed by atoms with van der Waals surface area (Å²) in [6, 6.07) is 9.87. The third-order valence-electron chi connectivity index (χ3n) is 4.60. The number of likely N-dealkylation sites (tertiary alicyclic amines) is 1. The third kappa shape index (κ3) is 4.31. The summed E-state index contributed by atoms with van der Waals surface area (Å²) < 4.78 is 7.82. The molecule has 7 heteroatoms. The van der Waals surface area contributed by atoms with Gasteiger partial charge in [0.2, 0.25) is 0 Å². The summed E-state index contributed by atoms with van der Waals surface area (Å²) in [7, 11) is 0. The van der Waals surface area contributed by atoms with Gasteiger partial charge in [0.25, 0.3) is 5.91 Å². The molecule has 1 atom stereocenters. The Morgan fingerprint density at radius 1 is 1.15 bits per heavy atom. The molecule has 0 radical (unpaired) electrons. The van der Waals surface area contributed by atoms with Gasteiger partial charge in [0.1, 0.15) is 6.10 Å². The number of piperidine rings is 1. The van der Waals surface area contributed by atoms with Gasteiger partial charge in [-0.2, -0.15) is 0 Å². The van der Waals surface area contributed by atoms with E-state index in [4.69, 9.17) is 4.74 Å². The van der Waals surface area contributed by atoms with Gasteiger partial charge in [-0.25, -0.2) is 15.0 Å². The van der Waals surface area contributed by atoms with E-state index >= 15 is 0 Å². The fourth-order valence-electron chi connectivity index (χ4n) is 3.24. The number of carbonyl (C=O) groups excluding carboxylic acids is 1. The zero-order valence-corrected chi connectivity index (χ0v) is 14.9. The molecule has 1 fully saturated rings. The number of amides is 1. The van der Waals surface area contributed by atoms with E-state index in [1.807, 2.05) is 39.9 Å². The zero-order valence-electron chi connectivity index (χ0n) is 14.9. The molecule has 0 aliphatic carbocycles. The second-order valence-electron chi connectivity index (χ2n) is 6.60. The van der Waals surface area contributed by atoms with Crippen molar-refractivity contribution in [3.8, 4) is 6.01 Å². The number of carbonyl (C=O) groups is 1. The Morgan fingerprint density at radius 2 is 1.96 bits per heavy atom. The highest BCUT2D eigenvalue weighted by Crippen LogP contribution is 2.18. The number of hydrogen-bond donors (Lipinski definition) is 0. The van der Waals surface area contributed by atoms with Crippen LogP contribution in [0.15, 0.2) is 61.4 Å². The number of benzene rings is 1. The van der Waals surface area contributed by atoms with Crippen molar-refractivity contribution in [2.45, 2.75) is 25.5 Å². The lowest BCUT2D eigenvalue weighted by molar-refractivity contribution is 0.0516. The number of nitrogens with zero attached hydrogens (tertiary/aromatic N) is 5. The van der Waals surface area contributed by atoms with Gasteiger partial charge in [-0.1, -0.05) is 12.1 Å². The van der Waals surface area contributed by atoms with E-state index in [2.05, 4.69) is 15.0 Å². The molecule has 1 saturated heterocycles. The van der Waals surface area contributed by atoms with Crippen molar-refractivity contribution < 1.29 is 9.53 Å². The van der Waals surface area contributed by atoms with Crippen LogP contribution in [0.3, 0.4) is 0 Å². The van der Waals surface area contributed by atoms with Crippen molar-refractivity contribution in [2.24, 2.45) is 0 Å². The fraction of sp³-hybridized carbons (Fsp3) is 0.300. The van der Waals surface area contributed by atoms with Crippen LogP contribution < -0.4 is 4.74 Å². The number of ether oxygens (including phenoxy) is 1. The van der Waals surface area contributed by atoms with E-state index in [1.165, 1.54) is 0 Å². The van der Waals surface area contributed by atoms with Gasteiger partial charge in [-0.3, -0.25) is 4.79 Å². The second-order valence-corrected chi connectivity index (χ2v) is 6.60. The molecule has 138 valence electrons. The lowest BCUT2D eigenvalue weighted by Crippen LogP contribution is -2.44. The van der Waals surface area contributed by atoms with E-state index < -0.39 is 0 Å². The van der Waals surface area contributed by atoms with Crippen LogP contribution in [0, 0.1) is 0 Å². The standard InChI is InChI=1S/C20H21N5O2/c26-19(17-6-4-16(5-7-17)13-24-12-10-21-15-24)25-11-1-3-18(14-25)27-20-22-8-2-9-23-20/h2,4-10,12,15,18H,1,3,11,13-14H2. The summed E-state index contributed by atoms with van der Waals surface area (Å²) >= 11 is 0. The van der Waals surface area contributed by atoms with Crippen LogP contribution in [0.2, 0.25) is 0 Å². The Bertz CT molecular complexity index is 865. The van der Waals surface area contributed by atoms with Gasteiger partial charge < -0.3 is 14.2 Å². The average molecular weight is 363 g/mol. The van der Waals surface area contributed by atoms with Gasteiger partial charge in [0.05, 0.1) is 12.9 Å². The maximum absolute atomic E-state index is 12.8. The van der Waals surface area contributed by atoms with Gasteiger partial charge in [-0.05, 0) is 36.6 Å². The van der Waals surface area contributed by atoms with Gasteiger partial charge in [0, 0.05) is 43.4 Å². The molecule has 3 heterocycles. The van der Waals surface area contributed by atoms with Gasteiger partial charge in [0.15, 0.2) is 0 Å². The molecule has 4 rings (SSSR count). The highest BCUT2D eigenvalue weighted by Gasteiger charge is 2.26. The quantitative estimate of drug-likeness (QED) is 0.696. The van der Waals surface area contributed by atoms with Crippen LogP contribution in [0.5, 0.6) is 6.01 Å². The van der Waals surface area contributed by atoms with Crippen LogP contribution in [0.25, 0.3) is 0 Å². The molecule has 3 aromatic rings. The molecule has 1 unspecified atom stereocenters. The molecule has 0 spiro atoms. The van der Waals surface area contributed by atoms with Crippen LogP contribution in [0.4, 0.5) is 0 Å². The first-order valence-corrected chi connectivity index (χ1v) is 9.05. The van der Waals surface area contributed by atoms with Crippen molar-refractivity contribution in [3.63, 3.8) is 0 Å². The Labute approximate surface area is 157 Å². The summed E-state index contributed by atoms with van der Waals surface area (Å²) in [5.74, 6) is 0.0338. The topological polar surface area (TPSA) is 73.1 Å². The van der Waals surface area contributed by atoms with Crippen molar-refractivity contribution >= 4 is 5.91 Å². The first kappa shape index (κ1) is 17.2. The number of imidazole rings is 1. The fourth-order valence-corrected chi connectivity index (χ4v) is 3.24. The Morgan fingerprint density at radius 3 is 2.70 bits per heavy atom. The minimum absolute atomic E-state index is 0.0338. The Balaban J connectivity index is 1.38. The highest BCUT2D eigenvalue weighted by molar-refractivity contribution is 5.94. The third-order valence-corrected chi connectivity index (χ3v) is 4.60. The normalized spacial score (nSPS) is 16.9. The average Bonchev–Trinajstić information content (AvgIpc) is 3.22. The summed E-state index contributed by atoms with van der Waals surface area (Å²) in [4.78, 5) is 26.9. The van der Waals surface area contributed by atoms with E-state index in [9.17, 15) is 4.79 Å². The first-order chi connectivity index (χ1) is 13.3. The number of rotatable bonds is 5. The van der Waals surface area contributed by atoms with Crippen molar-refractivity contribution in [2.75, 3.05) is 13.1 Å². The summed E-state index contributed by atoms with van der Waals surface area (Å²) in [6.45, 7) is 2.03. The molecule has 1 aliphatic rings.